The molecule has 0 atom stereocenters. The van der Waals surface area contributed by atoms with E-state index in [1.807, 2.05) is 0 Å². The van der Waals surface area contributed by atoms with Gasteiger partial charge in [0.25, 0.3) is 0 Å². The van der Waals surface area contributed by atoms with Crippen LogP contribution in [0.25, 0.3) is 11.0 Å². The normalized spacial score (nSPS) is 11.7. The molecular formula is C16H13F3N4O2S. The number of nitroso groups, excluding NO2 is 1. The Morgan fingerprint density at radius 3 is 2.77 bits per heavy atom. The van der Waals surface area contributed by atoms with Gasteiger partial charge in [0.05, 0.1) is 22.0 Å². The van der Waals surface area contributed by atoms with Gasteiger partial charge in [0.15, 0.2) is 11.8 Å². The van der Waals surface area contributed by atoms with Crippen molar-refractivity contribution >= 4 is 22.8 Å². The molecule has 0 saturated carbocycles. The molecule has 0 amide bonds. The van der Waals surface area contributed by atoms with Crippen LogP contribution in [0, 0.1) is 11.8 Å². The molecule has 0 saturated heterocycles. The highest BCUT2D eigenvalue weighted by Gasteiger charge is 2.28. The number of para-hydroxylation sites is 2. The molecule has 0 fully saturated rings. The highest BCUT2D eigenvalue weighted by Crippen LogP contribution is 2.29. The van der Waals surface area contributed by atoms with Crippen molar-refractivity contribution in [2.45, 2.75) is 24.0 Å². The Hall–Kier alpha value is -2.62. The average Bonchev–Trinajstić information content (AvgIpc) is 2.96. The van der Waals surface area contributed by atoms with Crippen LogP contribution in [0.1, 0.15) is 11.3 Å². The summed E-state index contributed by atoms with van der Waals surface area (Å²) >= 11 is 1.21. The molecule has 0 N–H and O–H groups in total. The van der Waals surface area contributed by atoms with Crippen LogP contribution >= 0.6 is 11.8 Å². The highest BCUT2D eigenvalue weighted by molar-refractivity contribution is 7.98. The summed E-state index contributed by atoms with van der Waals surface area (Å²) in [5.41, 5.74) is 2.25. The summed E-state index contributed by atoms with van der Waals surface area (Å²) in [7, 11) is 0. The summed E-state index contributed by atoms with van der Waals surface area (Å²) < 4.78 is 43.0. The van der Waals surface area contributed by atoms with E-state index in [4.69, 9.17) is 4.74 Å². The molecule has 0 aliphatic carbocycles. The Morgan fingerprint density at radius 2 is 2.04 bits per heavy atom. The first-order chi connectivity index (χ1) is 12.4. The number of aromatic nitrogens is 3. The molecule has 1 aromatic carbocycles. The van der Waals surface area contributed by atoms with E-state index in [1.54, 1.807) is 31.2 Å². The monoisotopic (exact) mass is 382 g/mol. The largest absolute Gasteiger partial charge is 0.484 e. The molecule has 136 valence electrons. The molecule has 0 radical (unpaired) electrons. The van der Waals surface area contributed by atoms with E-state index in [-0.39, 0.29) is 5.75 Å². The number of nitrogens with zero attached hydrogens (tertiary/aromatic N) is 4. The zero-order valence-corrected chi connectivity index (χ0v) is 14.3. The van der Waals surface area contributed by atoms with Crippen LogP contribution in [0.5, 0.6) is 5.75 Å². The zero-order valence-electron chi connectivity index (χ0n) is 13.5. The Kier molecular flexibility index (Phi) is 5.12. The van der Waals surface area contributed by atoms with Gasteiger partial charge in [-0.2, -0.15) is 17.8 Å². The van der Waals surface area contributed by atoms with Crippen LogP contribution in [0.4, 0.5) is 13.2 Å². The molecule has 10 heteroatoms. The summed E-state index contributed by atoms with van der Waals surface area (Å²) in [5.74, 6) is 0.420. The second kappa shape index (κ2) is 7.32. The van der Waals surface area contributed by atoms with Crippen molar-refractivity contribution in [1.29, 1.82) is 0 Å². The summed E-state index contributed by atoms with van der Waals surface area (Å²) in [6, 6.07) is 8.44. The maximum Gasteiger partial charge on any atom is 0.422 e. The molecule has 3 rings (SSSR count). The lowest BCUT2D eigenvalue weighted by Crippen LogP contribution is -2.19. The van der Waals surface area contributed by atoms with Gasteiger partial charge in [0.1, 0.15) is 5.75 Å². The lowest BCUT2D eigenvalue weighted by Gasteiger charge is -2.13. The van der Waals surface area contributed by atoms with E-state index in [1.165, 1.54) is 28.7 Å². The smallest absolute Gasteiger partial charge is 0.422 e. The van der Waals surface area contributed by atoms with Crippen molar-refractivity contribution in [3.8, 4) is 5.75 Å². The molecule has 0 spiro atoms. The Balaban J connectivity index is 1.79. The number of pyridine rings is 1. The van der Waals surface area contributed by atoms with Crippen molar-refractivity contribution in [2.24, 2.45) is 5.29 Å². The van der Waals surface area contributed by atoms with Gasteiger partial charge in [0.2, 0.25) is 0 Å². The Bertz CT molecular complexity index is 943. The number of thioether (sulfide) groups is 1. The molecule has 2 aromatic heterocycles. The fourth-order valence-electron chi connectivity index (χ4n) is 2.32. The number of rotatable bonds is 6. The van der Waals surface area contributed by atoms with Crippen LogP contribution in [0.3, 0.4) is 0 Å². The van der Waals surface area contributed by atoms with Gasteiger partial charge >= 0.3 is 6.18 Å². The molecule has 0 aliphatic heterocycles. The highest BCUT2D eigenvalue weighted by atomic mass is 32.2. The minimum atomic E-state index is -4.41. The second-order valence-electron chi connectivity index (χ2n) is 5.35. The van der Waals surface area contributed by atoms with Crippen molar-refractivity contribution in [1.82, 2.24) is 14.6 Å². The molecule has 0 unspecified atom stereocenters. The summed E-state index contributed by atoms with van der Waals surface area (Å²) in [6.45, 7) is 0.269. The molecule has 26 heavy (non-hydrogen) atoms. The number of hydrogen-bond donors (Lipinski definition) is 0. The number of imidazole rings is 1. The van der Waals surface area contributed by atoms with E-state index in [9.17, 15) is 18.1 Å². The van der Waals surface area contributed by atoms with Crippen LogP contribution in [-0.4, -0.2) is 27.4 Å². The summed E-state index contributed by atoms with van der Waals surface area (Å²) in [5, 5.41) is 3.36. The lowest BCUT2D eigenvalue weighted by atomic mass is 10.2. The molecule has 2 heterocycles. The summed E-state index contributed by atoms with van der Waals surface area (Å²) in [6.07, 6.45) is -3.03. The maximum absolute atomic E-state index is 12.3. The third-order valence-corrected chi connectivity index (χ3v) is 4.52. The SMILES string of the molecule is Cc1c(OCC(F)(F)F)ccnc1CSc1nc2ccccc2n1N=O. The van der Waals surface area contributed by atoms with Gasteiger partial charge in [-0.15, -0.1) is 4.91 Å². The minimum absolute atomic E-state index is 0.120. The van der Waals surface area contributed by atoms with Gasteiger partial charge in [0, 0.05) is 17.5 Å². The molecule has 0 aliphatic rings. The average molecular weight is 382 g/mol. The first kappa shape index (κ1) is 18.2. The number of benzene rings is 1. The third-order valence-electron chi connectivity index (χ3n) is 3.58. The second-order valence-corrected chi connectivity index (χ2v) is 6.29. The standard InChI is InChI=1S/C16H13F3N4O2S/c1-10-12(20-7-6-14(10)25-9-16(17,18)19)8-26-15-21-11-4-2-3-5-13(11)23(15)22-24/h2-7H,8-9H2,1H3. The Morgan fingerprint density at radius 1 is 1.27 bits per heavy atom. The summed E-state index contributed by atoms with van der Waals surface area (Å²) in [4.78, 5) is 19.7. The molecule has 3 aromatic rings. The molecular weight excluding hydrogens is 369 g/mol. The van der Waals surface area contributed by atoms with Crippen LogP contribution in [0.2, 0.25) is 0 Å². The maximum atomic E-state index is 12.3. The van der Waals surface area contributed by atoms with E-state index < -0.39 is 12.8 Å². The predicted molar refractivity (Wildman–Crippen MR) is 91.0 cm³/mol. The molecule has 0 bridgehead atoms. The van der Waals surface area contributed by atoms with Crippen LogP contribution in [0.15, 0.2) is 47.0 Å². The fraction of sp³-hybridized carbons (Fsp3) is 0.250. The van der Waals surface area contributed by atoms with Crippen molar-refractivity contribution in [3.05, 3.63) is 52.7 Å². The van der Waals surface area contributed by atoms with Crippen LogP contribution in [-0.2, 0) is 5.75 Å². The quantitative estimate of drug-likeness (QED) is 0.464. The van der Waals surface area contributed by atoms with Crippen molar-refractivity contribution in [2.75, 3.05) is 6.61 Å². The van der Waals surface area contributed by atoms with E-state index in [2.05, 4.69) is 15.3 Å². The first-order valence-electron chi connectivity index (χ1n) is 7.47. The van der Waals surface area contributed by atoms with E-state index in [0.717, 1.165) is 0 Å². The zero-order chi connectivity index (χ0) is 18.7. The van der Waals surface area contributed by atoms with Gasteiger partial charge < -0.3 is 4.74 Å². The van der Waals surface area contributed by atoms with Gasteiger partial charge in [-0.05, 0) is 25.1 Å². The van der Waals surface area contributed by atoms with Crippen LogP contribution < -0.4 is 4.74 Å². The number of hydrogen-bond acceptors (Lipinski definition) is 6. The number of ether oxygens (including phenoxy) is 1. The first-order valence-corrected chi connectivity index (χ1v) is 8.45. The predicted octanol–water partition coefficient (Wildman–Crippen LogP) is 4.50. The molecule has 6 nitrogen and oxygen atoms in total. The topological polar surface area (TPSA) is 69.4 Å². The van der Waals surface area contributed by atoms with Gasteiger partial charge in [-0.3, -0.25) is 4.98 Å². The van der Waals surface area contributed by atoms with Gasteiger partial charge in [-0.1, -0.05) is 23.9 Å². The van der Waals surface area contributed by atoms with Gasteiger partial charge in [-0.25, -0.2) is 4.98 Å². The number of alkyl halides is 3. The Labute approximate surface area is 150 Å². The lowest BCUT2D eigenvalue weighted by molar-refractivity contribution is -0.153. The fourth-order valence-corrected chi connectivity index (χ4v) is 3.29. The van der Waals surface area contributed by atoms with E-state index >= 15 is 0 Å². The minimum Gasteiger partial charge on any atom is -0.484 e. The van der Waals surface area contributed by atoms with Crippen molar-refractivity contribution < 1.29 is 17.9 Å². The number of halogens is 3. The van der Waals surface area contributed by atoms with Crippen molar-refractivity contribution in [3.63, 3.8) is 0 Å². The number of fused-ring (bicyclic) bond motifs is 1. The van der Waals surface area contributed by atoms with E-state index in [0.29, 0.717) is 33.2 Å². The third kappa shape index (κ3) is 3.96.